The van der Waals surface area contributed by atoms with Crippen LogP contribution in [0.5, 0.6) is 0 Å². The average Bonchev–Trinajstić information content (AvgIpc) is 1.86. The van der Waals surface area contributed by atoms with Crippen molar-refractivity contribution in [3.05, 3.63) is 36.6 Å². The fraction of sp³-hybridized carbons (Fsp3) is 0.333. The van der Waals surface area contributed by atoms with Gasteiger partial charge < -0.3 is 10.6 Å². The first-order valence-electron chi connectivity index (χ1n) is 3.54. The van der Waals surface area contributed by atoms with Gasteiger partial charge in [-0.05, 0) is 31.9 Å². The fourth-order valence-corrected chi connectivity index (χ4v) is 0.715. The smallest absolute Gasteiger partial charge is 0.0221 e. The fourth-order valence-electron chi connectivity index (χ4n) is 0.715. The van der Waals surface area contributed by atoms with Crippen LogP contribution in [0.15, 0.2) is 36.6 Å². The molecular formula is C9H16N2. The Morgan fingerprint density at radius 1 is 1.45 bits per heavy atom. The van der Waals surface area contributed by atoms with Crippen molar-refractivity contribution in [3.8, 4) is 0 Å². The summed E-state index contributed by atoms with van der Waals surface area (Å²) >= 11 is 0. The van der Waals surface area contributed by atoms with Crippen LogP contribution in [0, 0.1) is 0 Å². The van der Waals surface area contributed by atoms with E-state index in [9.17, 15) is 0 Å². The zero-order valence-corrected chi connectivity index (χ0v) is 7.25. The summed E-state index contributed by atoms with van der Waals surface area (Å²) in [7, 11) is 4.02. The van der Waals surface area contributed by atoms with E-state index in [2.05, 4.69) is 11.5 Å². The van der Waals surface area contributed by atoms with Gasteiger partial charge >= 0.3 is 0 Å². The summed E-state index contributed by atoms with van der Waals surface area (Å²) < 4.78 is 0. The third-order valence-electron chi connectivity index (χ3n) is 1.07. The molecule has 2 N–H and O–H groups in total. The quantitative estimate of drug-likeness (QED) is 0.612. The number of nitrogens with zero attached hydrogens (tertiary/aromatic N) is 1. The third-order valence-corrected chi connectivity index (χ3v) is 1.07. The number of allylic oxidation sites excluding steroid dienone is 2. The van der Waals surface area contributed by atoms with Gasteiger partial charge in [-0.1, -0.05) is 18.7 Å². The molecule has 2 nitrogen and oxygen atoms in total. The molecule has 0 spiro atoms. The highest BCUT2D eigenvalue weighted by Gasteiger charge is 1.89. The standard InChI is InChI=1S/C9H16N2/c1-9(8-11(2)3)6-4-5-7-10/h4-7H,1,8,10H2,2-3H3/b6-4-,7-5-. The molecule has 0 fully saturated rings. The molecule has 0 aliphatic rings. The Hall–Kier alpha value is -1.02. The Bertz CT molecular complexity index is 166. The van der Waals surface area contributed by atoms with Crippen molar-refractivity contribution in [3.63, 3.8) is 0 Å². The van der Waals surface area contributed by atoms with Crippen molar-refractivity contribution >= 4 is 0 Å². The minimum atomic E-state index is 0.884. The maximum atomic E-state index is 5.14. The van der Waals surface area contributed by atoms with Gasteiger partial charge in [0.2, 0.25) is 0 Å². The van der Waals surface area contributed by atoms with Crippen LogP contribution in [0.2, 0.25) is 0 Å². The van der Waals surface area contributed by atoms with Gasteiger partial charge in [0.25, 0.3) is 0 Å². The second-order valence-corrected chi connectivity index (χ2v) is 2.64. The molecule has 0 atom stereocenters. The molecule has 0 aromatic rings. The van der Waals surface area contributed by atoms with E-state index in [-0.39, 0.29) is 0 Å². The Labute approximate surface area is 68.7 Å². The van der Waals surface area contributed by atoms with Crippen molar-refractivity contribution in [1.82, 2.24) is 4.90 Å². The molecule has 0 unspecified atom stereocenters. The van der Waals surface area contributed by atoms with Gasteiger partial charge in [0, 0.05) is 6.54 Å². The summed E-state index contributed by atoms with van der Waals surface area (Å²) in [5, 5.41) is 0. The number of nitrogens with two attached hydrogens (primary N) is 1. The topological polar surface area (TPSA) is 29.3 Å². The highest BCUT2D eigenvalue weighted by molar-refractivity contribution is 5.19. The highest BCUT2D eigenvalue weighted by Crippen LogP contribution is 1.94. The lowest BCUT2D eigenvalue weighted by Gasteiger charge is -2.07. The molecule has 0 aromatic heterocycles. The van der Waals surface area contributed by atoms with E-state index < -0.39 is 0 Å². The Morgan fingerprint density at radius 3 is 2.55 bits per heavy atom. The van der Waals surface area contributed by atoms with Crippen LogP contribution in [0.1, 0.15) is 0 Å². The van der Waals surface area contributed by atoms with Gasteiger partial charge in [0.05, 0.1) is 0 Å². The molecule has 0 aromatic carbocycles. The van der Waals surface area contributed by atoms with Gasteiger partial charge in [-0.25, -0.2) is 0 Å². The van der Waals surface area contributed by atoms with Crippen molar-refractivity contribution in [2.24, 2.45) is 5.73 Å². The van der Waals surface area contributed by atoms with Crippen LogP contribution in [-0.2, 0) is 0 Å². The van der Waals surface area contributed by atoms with Gasteiger partial charge in [-0.15, -0.1) is 0 Å². The summed E-state index contributed by atoms with van der Waals surface area (Å²) in [5.74, 6) is 0. The Balaban J connectivity index is 3.69. The zero-order chi connectivity index (χ0) is 8.69. The van der Waals surface area contributed by atoms with Crippen LogP contribution >= 0.6 is 0 Å². The normalized spacial score (nSPS) is 11.9. The first-order valence-corrected chi connectivity index (χ1v) is 3.54. The predicted molar refractivity (Wildman–Crippen MR) is 50.2 cm³/mol. The van der Waals surface area contributed by atoms with Crippen LogP contribution < -0.4 is 5.73 Å². The second-order valence-electron chi connectivity index (χ2n) is 2.64. The Morgan fingerprint density at radius 2 is 2.09 bits per heavy atom. The molecule has 0 aliphatic carbocycles. The monoisotopic (exact) mass is 152 g/mol. The van der Waals surface area contributed by atoms with Gasteiger partial charge in [0.15, 0.2) is 0 Å². The van der Waals surface area contributed by atoms with E-state index in [0.29, 0.717) is 0 Å². The summed E-state index contributed by atoms with van der Waals surface area (Å²) in [6, 6.07) is 0. The van der Waals surface area contributed by atoms with E-state index in [4.69, 9.17) is 5.73 Å². The molecule has 0 aliphatic heterocycles. The lowest BCUT2D eigenvalue weighted by molar-refractivity contribution is 0.449. The predicted octanol–water partition coefficient (Wildman–Crippen LogP) is 1.13. The van der Waals surface area contributed by atoms with E-state index in [1.54, 1.807) is 6.08 Å². The minimum absolute atomic E-state index is 0.884. The van der Waals surface area contributed by atoms with Crippen molar-refractivity contribution < 1.29 is 0 Å². The van der Waals surface area contributed by atoms with Gasteiger partial charge in [-0.3, -0.25) is 0 Å². The lowest BCUT2D eigenvalue weighted by atomic mass is 10.2. The summed E-state index contributed by atoms with van der Waals surface area (Å²) in [5.41, 5.74) is 6.22. The van der Waals surface area contributed by atoms with E-state index >= 15 is 0 Å². The molecule has 2 heteroatoms. The molecular weight excluding hydrogens is 136 g/mol. The van der Waals surface area contributed by atoms with Crippen molar-refractivity contribution in [2.45, 2.75) is 0 Å². The van der Waals surface area contributed by atoms with Crippen LogP contribution in [0.25, 0.3) is 0 Å². The number of hydrogen-bond acceptors (Lipinski definition) is 2. The molecule has 0 radical (unpaired) electrons. The van der Waals surface area contributed by atoms with E-state index in [1.807, 2.05) is 26.2 Å². The molecule has 0 bridgehead atoms. The summed E-state index contributed by atoms with van der Waals surface area (Å²) in [6.45, 7) is 4.75. The molecule has 0 saturated carbocycles. The van der Waals surface area contributed by atoms with Crippen molar-refractivity contribution in [2.75, 3.05) is 20.6 Å². The molecule has 11 heavy (non-hydrogen) atoms. The van der Waals surface area contributed by atoms with Crippen molar-refractivity contribution in [1.29, 1.82) is 0 Å². The minimum Gasteiger partial charge on any atom is -0.405 e. The third kappa shape index (κ3) is 6.87. The lowest BCUT2D eigenvalue weighted by Crippen LogP contribution is -2.13. The molecule has 0 heterocycles. The maximum Gasteiger partial charge on any atom is 0.0221 e. The van der Waals surface area contributed by atoms with Gasteiger partial charge in [-0.2, -0.15) is 0 Å². The maximum absolute atomic E-state index is 5.14. The molecule has 0 saturated heterocycles. The first kappa shape index (κ1) is 9.98. The summed E-state index contributed by atoms with van der Waals surface area (Å²) in [4.78, 5) is 2.07. The SMILES string of the molecule is C=C(/C=C\C=C/N)CN(C)C. The number of hydrogen-bond donors (Lipinski definition) is 1. The van der Waals surface area contributed by atoms with E-state index in [0.717, 1.165) is 12.1 Å². The van der Waals surface area contributed by atoms with E-state index in [1.165, 1.54) is 6.20 Å². The average molecular weight is 152 g/mol. The Kier molecular flexibility index (Phi) is 5.21. The highest BCUT2D eigenvalue weighted by atomic mass is 15.0. The number of likely N-dealkylation sites (N-methyl/N-ethyl adjacent to an activating group) is 1. The molecule has 0 rings (SSSR count). The molecule has 0 amide bonds. The zero-order valence-electron chi connectivity index (χ0n) is 7.25. The molecule has 62 valence electrons. The van der Waals surface area contributed by atoms with Gasteiger partial charge in [0.1, 0.15) is 0 Å². The number of rotatable bonds is 4. The largest absolute Gasteiger partial charge is 0.405 e. The summed E-state index contributed by atoms with van der Waals surface area (Å²) in [6.07, 6.45) is 7.11. The first-order chi connectivity index (χ1) is 5.16. The van der Waals surface area contributed by atoms with Crippen LogP contribution in [0.4, 0.5) is 0 Å². The van der Waals surface area contributed by atoms with Crippen LogP contribution in [-0.4, -0.2) is 25.5 Å². The second kappa shape index (κ2) is 5.74. The van der Waals surface area contributed by atoms with Crippen LogP contribution in [0.3, 0.4) is 0 Å².